The van der Waals surface area contributed by atoms with Crippen molar-refractivity contribution >= 4 is 45.8 Å². The third-order valence-corrected chi connectivity index (χ3v) is 19.6. The summed E-state index contributed by atoms with van der Waals surface area (Å²) in [4.78, 5) is 8.52. The first-order chi connectivity index (χ1) is 34.0. The summed E-state index contributed by atoms with van der Waals surface area (Å²) in [5, 5.41) is 9.08. The molecule has 0 radical (unpaired) electrons. The Kier molecular flexibility index (Phi) is 13.1. The van der Waals surface area contributed by atoms with E-state index in [4.69, 9.17) is 10.7 Å². The minimum atomic E-state index is -0.306. The number of benzene rings is 1. The molecule has 1 aromatic carbocycles. The summed E-state index contributed by atoms with van der Waals surface area (Å²) >= 11 is 4.89. The highest BCUT2D eigenvalue weighted by Gasteiger charge is 2.51. The molecule has 12 rings (SSSR count). The number of halogens is 1. The third-order valence-electron chi connectivity index (χ3n) is 17.0. The fourth-order valence-electron chi connectivity index (χ4n) is 13.7. The number of fused-ring (bicyclic) bond motifs is 5. The van der Waals surface area contributed by atoms with E-state index in [0.717, 1.165) is 81.3 Å². The average molecular weight is 1040 g/mol. The van der Waals surface area contributed by atoms with Crippen molar-refractivity contribution in [1.29, 1.82) is 0 Å². The van der Waals surface area contributed by atoms with Crippen molar-refractivity contribution in [3.8, 4) is 0 Å². The summed E-state index contributed by atoms with van der Waals surface area (Å²) in [7, 11) is 0. The summed E-state index contributed by atoms with van der Waals surface area (Å²) in [5.74, 6) is 2.56. The Labute approximate surface area is 429 Å². The number of nitrogens with two attached hydrogens (primary N) is 1. The maximum Gasteiger partial charge on any atom is 0.131 e. The molecule has 0 saturated carbocycles. The molecule has 1 fully saturated rings. The van der Waals surface area contributed by atoms with Crippen molar-refractivity contribution in [3.63, 3.8) is 0 Å². The highest BCUT2D eigenvalue weighted by atomic mass is 127. The van der Waals surface area contributed by atoms with E-state index in [-0.39, 0.29) is 18.2 Å². The lowest BCUT2D eigenvalue weighted by molar-refractivity contribution is 0.244. The Hall–Kier alpha value is -4.57. The monoisotopic (exact) mass is 1040 g/mol. The Morgan fingerprint density at radius 1 is 0.884 bits per heavy atom. The van der Waals surface area contributed by atoms with Gasteiger partial charge in [-0.15, -0.1) is 11.8 Å². The molecule has 354 valence electrons. The minimum absolute atomic E-state index is 0.0592. The lowest BCUT2D eigenvalue weighted by Gasteiger charge is -2.39. The molecule has 0 bridgehead atoms. The number of aliphatic imine (C=N–C) groups is 1. The molecule has 3 heterocycles. The molecule has 11 aliphatic rings. The standard InChI is InChI=1S/C62H68IN5S/c1-39(57-46(40-19-6-2-7-20-40)30-17-31-47(57)43-25-16-26-44(63)36-43)35-52(62-66-60(41-21-8-3-9-22-41)65-61(67-62)42-23-10-4-11-24-42)59(64)49-32-18-34-55-58(49)51-37-50-48-29-14-15-33-53(48)68(45-27-12-5-13-28-45)54(50)38-56(51)69-55/h2-8,10,12-15,17-21,27,29-30,32-33,35-37,42,44-45,47-49,53,55-56,58,61-62,67H,9,11,16,22-26,28,31,34,38,64H2,1H3,(H,65,66)/b39-35+,59-52+/t42?,44?,45?,47-,48?,49?,53?,55?,56?,58?,61?,62?/m1/s1. The van der Waals surface area contributed by atoms with Gasteiger partial charge in [-0.25, -0.2) is 4.99 Å². The van der Waals surface area contributed by atoms with Crippen LogP contribution in [0.2, 0.25) is 0 Å². The topological polar surface area (TPSA) is 65.7 Å². The summed E-state index contributed by atoms with van der Waals surface area (Å²) in [5.41, 5.74) is 23.2. The third kappa shape index (κ3) is 8.85. The predicted molar refractivity (Wildman–Crippen MR) is 299 cm³/mol. The molecule has 69 heavy (non-hydrogen) atoms. The summed E-state index contributed by atoms with van der Waals surface area (Å²) in [6.07, 6.45) is 60.9. The fourth-order valence-corrected chi connectivity index (χ4v) is 16.4. The SMILES string of the molecule is C/C(=C\C(=C(/N)C1C=CCC2SC3CC4=C(C=C3C21)C1C=CC=CC1N4C1C=CC=CC1)C1N=C(C2=CC=CCC2)NC(C2CC=CCC2)N1)C1=C(c2ccccc2)C=CC[C@@H]1C1=CC(I)CCC1. The molecule has 1 saturated heterocycles. The van der Waals surface area contributed by atoms with Crippen molar-refractivity contribution in [3.05, 3.63) is 208 Å². The lowest BCUT2D eigenvalue weighted by Crippen LogP contribution is -2.58. The van der Waals surface area contributed by atoms with Gasteiger partial charge in [-0.05, 0) is 117 Å². The average Bonchev–Trinajstić information content (AvgIpc) is 3.94. The fraction of sp³-hybridized carbons (Fsp3) is 0.403. The van der Waals surface area contributed by atoms with E-state index in [0.29, 0.717) is 50.2 Å². The number of thioether (sulfide) groups is 1. The van der Waals surface area contributed by atoms with E-state index in [2.05, 4.69) is 209 Å². The first-order valence-electron chi connectivity index (χ1n) is 26.3. The van der Waals surface area contributed by atoms with Gasteiger partial charge in [-0.2, -0.15) is 0 Å². The number of amidine groups is 1. The predicted octanol–water partition coefficient (Wildman–Crippen LogP) is 13.5. The molecular formula is C62H68IN5S. The van der Waals surface area contributed by atoms with Crippen molar-refractivity contribution in [2.45, 2.75) is 123 Å². The van der Waals surface area contributed by atoms with Crippen LogP contribution in [0.5, 0.6) is 0 Å². The molecule has 11 unspecified atom stereocenters. The molecule has 7 heteroatoms. The van der Waals surface area contributed by atoms with Crippen molar-refractivity contribution in [2.75, 3.05) is 0 Å². The second-order valence-electron chi connectivity index (χ2n) is 21.1. The van der Waals surface area contributed by atoms with Gasteiger partial charge in [0.05, 0.1) is 18.2 Å². The van der Waals surface area contributed by atoms with Crippen molar-refractivity contribution < 1.29 is 0 Å². The van der Waals surface area contributed by atoms with Crippen LogP contribution in [0.4, 0.5) is 0 Å². The zero-order valence-corrected chi connectivity index (χ0v) is 43.1. The van der Waals surface area contributed by atoms with Gasteiger partial charge in [0.1, 0.15) is 12.0 Å². The van der Waals surface area contributed by atoms with E-state index in [1.54, 1.807) is 22.4 Å². The van der Waals surface area contributed by atoms with Gasteiger partial charge in [0.15, 0.2) is 0 Å². The van der Waals surface area contributed by atoms with Gasteiger partial charge in [0.2, 0.25) is 0 Å². The zero-order valence-electron chi connectivity index (χ0n) is 40.1. The van der Waals surface area contributed by atoms with Crippen LogP contribution in [0, 0.1) is 29.6 Å². The molecule has 12 atom stereocenters. The van der Waals surface area contributed by atoms with Gasteiger partial charge < -0.3 is 16.0 Å². The van der Waals surface area contributed by atoms with Crippen LogP contribution in [0.1, 0.15) is 89.5 Å². The van der Waals surface area contributed by atoms with Crippen molar-refractivity contribution in [2.24, 2.45) is 40.3 Å². The molecule has 5 nitrogen and oxygen atoms in total. The first-order valence-corrected chi connectivity index (χ1v) is 28.5. The Morgan fingerprint density at radius 2 is 1.78 bits per heavy atom. The molecule has 0 aromatic heterocycles. The normalized spacial score (nSPS) is 36.0. The van der Waals surface area contributed by atoms with E-state index in [1.165, 1.54) is 40.7 Å². The molecule has 0 amide bonds. The second-order valence-corrected chi connectivity index (χ2v) is 24.1. The second kappa shape index (κ2) is 19.9. The van der Waals surface area contributed by atoms with Crippen LogP contribution in [0.15, 0.2) is 207 Å². The number of rotatable bonds is 9. The number of allylic oxidation sites excluding steroid dienone is 20. The number of hydrogen-bond acceptors (Lipinski definition) is 6. The Morgan fingerprint density at radius 3 is 2.61 bits per heavy atom. The molecular weight excluding hydrogens is 974 g/mol. The highest BCUT2D eigenvalue weighted by molar-refractivity contribution is 14.1. The van der Waals surface area contributed by atoms with E-state index in [9.17, 15) is 0 Å². The van der Waals surface area contributed by atoms with E-state index >= 15 is 0 Å². The Balaban J connectivity index is 1.01. The summed E-state index contributed by atoms with van der Waals surface area (Å²) < 4.78 is 0.571. The van der Waals surface area contributed by atoms with Gasteiger partial charge in [-0.1, -0.05) is 186 Å². The van der Waals surface area contributed by atoms with Gasteiger partial charge >= 0.3 is 0 Å². The van der Waals surface area contributed by atoms with Crippen LogP contribution in [0.3, 0.4) is 0 Å². The highest BCUT2D eigenvalue weighted by Crippen LogP contribution is 2.58. The number of alkyl halides is 1. The van der Waals surface area contributed by atoms with Gasteiger partial charge in [0.25, 0.3) is 0 Å². The molecule has 3 aliphatic heterocycles. The number of nitrogens with zero attached hydrogens (tertiary/aromatic N) is 2. The zero-order chi connectivity index (χ0) is 46.4. The molecule has 0 spiro atoms. The van der Waals surface area contributed by atoms with E-state index in [1.807, 2.05) is 0 Å². The van der Waals surface area contributed by atoms with Crippen LogP contribution in [0.25, 0.3) is 5.57 Å². The minimum Gasteiger partial charge on any atom is -0.401 e. The van der Waals surface area contributed by atoms with Gasteiger partial charge in [-0.3, -0.25) is 5.32 Å². The van der Waals surface area contributed by atoms with Crippen LogP contribution in [-0.4, -0.2) is 49.6 Å². The molecule has 1 aromatic rings. The molecule has 8 aliphatic carbocycles. The first kappa shape index (κ1) is 45.6. The van der Waals surface area contributed by atoms with Crippen molar-refractivity contribution in [1.82, 2.24) is 15.5 Å². The number of nitrogens with one attached hydrogen (secondary N) is 2. The van der Waals surface area contributed by atoms with Crippen LogP contribution >= 0.6 is 34.4 Å². The molecule has 4 N–H and O–H groups in total. The maximum atomic E-state index is 8.08. The quantitative estimate of drug-likeness (QED) is 0.0995. The van der Waals surface area contributed by atoms with Crippen LogP contribution in [-0.2, 0) is 0 Å². The van der Waals surface area contributed by atoms with Crippen LogP contribution < -0.4 is 16.4 Å². The smallest absolute Gasteiger partial charge is 0.131 e. The van der Waals surface area contributed by atoms with E-state index < -0.39 is 0 Å². The Bertz CT molecular complexity index is 2730. The maximum absolute atomic E-state index is 8.08. The summed E-state index contributed by atoms with van der Waals surface area (Å²) in [6.45, 7) is 2.39. The number of hydrogen-bond donors (Lipinski definition) is 3. The largest absolute Gasteiger partial charge is 0.401 e. The van der Waals surface area contributed by atoms with Gasteiger partial charge in [0, 0.05) is 61.5 Å². The summed E-state index contributed by atoms with van der Waals surface area (Å²) in [6, 6.07) is 11.9. The lowest BCUT2D eigenvalue weighted by atomic mass is 9.72.